The average Bonchev–Trinajstić information content (AvgIpc) is 2.67. The highest BCUT2D eigenvalue weighted by Crippen LogP contribution is 2.16. The van der Waals surface area contributed by atoms with E-state index in [0.29, 0.717) is 5.04 Å². The molecule has 0 fully saturated rings. The van der Waals surface area contributed by atoms with E-state index in [9.17, 15) is 4.79 Å². The van der Waals surface area contributed by atoms with Gasteiger partial charge in [0, 0.05) is 12.3 Å². The van der Waals surface area contributed by atoms with Crippen molar-refractivity contribution in [3.63, 3.8) is 0 Å². The van der Waals surface area contributed by atoms with Crippen molar-refractivity contribution in [1.29, 1.82) is 0 Å². The Morgan fingerprint density at radius 2 is 2.36 bits per heavy atom. The molecule has 0 aromatic carbocycles. The van der Waals surface area contributed by atoms with Gasteiger partial charge >= 0.3 is 0 Å². The van der Waals surface area contributed by atoms with E-state index >= 15 is 0 Å². The van der Waals surface area contributed by atoms with Crippen molar-refractivity contribution < 1.29 is 4.79 Å². The molecule has 0 amide bonds. The van der Waals surface area contributed by atoms with Crippen molar-refractivity contribution >= 4 is 35.0 Å². The van der Waals surface area contributed by atoms with Crippen molar-refractivity contribution in [2.75, 3.05) is 12.3 Å². The number of nitrogens with zero attached hydrogens (tertiary/aromatic N) is 1. The highest BCUT2D eigenvalue weighted by Gasteiger charge is 2.25. The van der Waals surface area contributed by atoms with Crippen molar-refractivity contribution in [1.82, 2.24) is 0 Å². The van der Waals surface area contributed by atoms with Crippen LogP contribution in [-0.2, 0) is 4.79 Å². The van der Waals surface area contributed by atoms with E-state index in [0.717, 1.165) is 18.7 Å². The number of ketones is 1. The van der Waals surface area contributed by atoms with E-state index in [1.807, 2.05) is 13.8 Å². The number of hydrogen-bond donors (Lipinski definition) is 1. The van der Waals surface area contributed by atoms with E-state index in [2.05, 4.69) is 4.99 Å². The van der Waals surface area contributed by atoms with E-state index < -0.39 is 0 Å². The SMILES string of the molecule is CC[C@H](C)[C@H](N)C(=O)C1=NCCS1.Cl. The molecule has 0 saturated heterocycles. The molecule has 5 heteroatoms. The van der Waals surface area contributed by atoms with E-state index in [1.54, 1.807) is 0 Å². The van der Waals surface area contributed by atoms with Gasteiger partial charge in [0.1, 0.15) is 5.04 Å². The minimum Gasteiger partial charge on any atom is -0.321 e. The summed E-state index contributed by atoms with van der Waals surface area (Å²) in [4.78, 5) is 15.8. The number of nitrogens with two attached hydrogens (primary N) is 1. The third kappa shape index (κ3) is 3.26. The maximum atomic E-state index is 11.7. The molecule has 0 bridgehead atoms. The monoisotopic (exact) mass is 236 g/mol. The fourth-order valence-corrected chi connectivity index (χ4v) is 1.98. The first kappa shape index (κ1) is 13.9. The summed E-state index contributed by atoms with van der Waals surface area (Å²) >= 11 is 1.53. The summed E-state index contributed by atoms with van der Waals surface area (Å²) in [6.07, 6.45) is 0.935. The lowest BCUT2D eigenvalue weighted by Crippen LogP contribution is -2.39. The molecule has 0 spiro atoms. The second kappa shape index (κ2) is 6.43. The minimum absolute atomic E-state index is 0. The summed E-state index contributed by atoms with van der Waals surface area (Å²) in [5, 5.41) is 0.632. The Hall–Kier alpha value is -0.0600. The third-order valence-corrected chi connectivity index (χ3v) is 3.35. The maximum absolute atomic E-state index is 11.7. The molecule has 1 heterocycles. The molecule has 0 aromatic heterocycles. The van der Waals surface area contributed by atoms with Gasteiger partial charge in [-0.3, -0.25) is 9.79 Å². The zero-order chi connectivity index (χ0) is 9.84. The molecule has 82 valence electrons. The Kier molecular flexibility index (Phi) is 6.40. The molecule has 2 N–H and O–H groups in total. The lowest BCUT2D eigenvalue weighted by atomic mass is 9.97. The van der Waals surface area contributed by atoms with Gasteiger partial charge in [-0.25, -0.2) is 0 Å². The first-order chi connectivity index (χ1) is 6.16. The Morgan fingerprint density at radius 1 is 1.71 bits per heavy atom. The van der Waals surface area contributed by atoms with Gasteiger partial charge in [0.2, 0.25) is 5.78 Å². The number of thioether (sulfide) groups is 1. The van der Waals surface area contributed by atoms with E-state index in [-0.39, 0.29) is 30.2 Å². The van der Waals surface area contributed by atoms with Crippen LogP contribution in [-0.4, -0.2) is 29.2 Å². The van der Waals surface area contributed by atoms with Crippen LogP contribution in [0.5, 0.6) is 0 Å². The molecular formula is C9H17ClN2OS. The molecule has 14 heavy (non-hydrogen) atoms. The van der Waals surface area contributed by atoms with E-state index in [4.69, 9.17) is 5.73 Å². The predicted octanol–water partition coefficient (Wildman–Crippen LogP) is 1.50. The Balaban J connectivity index is 0.00000169. The zero-order valence-corrected chi connectivity index (χ0v) is 10.2. The maximum Gasteiger partial charge on any atom is 0.204 e. The van der Waals surface area contributed by atoms with Crippen LogP contribution in [0.15, 0.2) is 4.99 Å². The fraction of sp³-hybridized carbons (Fsp3) is 0.778. The molecule has 1 aliphatic rings. The number of aliphatic imine (C=N–C) groups is 1. The number of rotatable bonds is 4. The van der Waals surface area contributed by atoms with Gasteiger partial charge in [0.25, 0.3) is 0 Å². The van der Waals surface area contributed by atoms with Crippen LogP contribution in [0, 0.1) is 5.92 Å². The topological polar surface area (TPSA) is 55.5 Å². The van der Waals surface area contributed by atoms with Crippen molar-refractivity contribution in [3.8, 4) is 0 Å². The van der Waals surface area contributed by atoms with Gasteiger partial charge in [-0.05, 0) is 5.92 Å². The van der Waals surface area contributed by atoms with Gasteiger partial charge in [-0.1, -0.05) is 20.3 Å². The van der Waals surface area contributed by atoms with Crippen LogP contribution in [0.1, 0.15) is 20.3 Å². The van der Waals surface area contributed by atoms with Gasteiger partial charge in [0.15, 0.2) is 0 Å². The van der Waals surface area contributed by atoms with Gasteiger partial charge in [0.05, 0.1) is 6.04 Å². The van der Waals surface area contributed by atoms with Crippen molar-refractivity contribution in [2.24, 2.45) is 16.6 Å². The van der Waals surface area contributed by atoms with Crippen LogP contribution in [0.3, 0.4) is 0 Å². The Bertz CT molecular complexity index is 233. The lowest BCUT2D eigenvalue weighted by molar-refractivity contribution is -0.114. The molecule has 0 aromatic rings. The van der Waals surface area contributed by atoms with Gasteiger partial charge in [-0.2, -0.15) is 0 Å². The van der Waals surface area contributed by atoms with Crippen LogP contribution >= 0.6 is 24.2 Å². The fourth-order valence-electron chi connectivity index (χ4n) is 1.14. The summed E-state index contributed by atoms with van der Waals surface area (Å²) < 4.78 is 0. The molecule has 0 unspecified atom stereocenters. The summed E-state index contributed by atoms with van der Waals surface area (Å²) in [6, 6.07) is -0.366. The van der Waals surface area contributed by atoms with Crippen LogP contribution in [0.2, 0.25) is 0 Å². The van der Waals surface area contributed by atoms with Crippen molar-refractivity contribution in [2.45, 2.75) is 26.3 Å². The number of Topliss-reactive ketones (excluding diaryl/α,β-unsaturated/α-hetero) is 1. The summed E-state index contributed by atoms with van der Waals surface area (Å²) in [6.45, 7) is 4.81. The summed E-state index contributed by atoms with van der Waals surface area (Å²) in [5.74, 6) is 1.20. The number of carbonyl (C=O) groups is 1. The smallest absolute Gasteiger partial charge is 0.204 e. The van der Waals surface area contributed by atoms with Crippen LogP contribution < -0.4 is 5.73 Å². The molecule has 1 rings (SSSR count). The van der Waals surface area contributed by atoms with Crippen LogP contribution in [0.4, 0.5) is 0 Å². The number of halogens is 1. The third-order valence-electron chi connectivity index (χ3n) is 2.36. The van der Waals surface area contributed by atoms with Crippen molar-refractivity contribution in [3.05, 3.63) is 0 Å². The average molecular weight is 237 g/mol. The first-order valence-corrected chi connectivity index (χ1v) is 5.62. The highest BCUT2D eigenvalue weighted by atomic mass is 35.5. The summed E-state index contributed by atoms with van der Waals surface area (Å²) in [5.41, 5.74) is 5.81. The van der Waals surface area contributed by atoms with Crippen LogP contribution in [0.25, 0.3) is 0 Å². The number of hydrogen-bond acceptors (Lipinski definition) is 4. The van der Waals surface area contributed by atoms with Gasteiger partial charge < -0.3 is 5.73 Å². The molecule has 0 saturated carbocycles. The highest BCUT2D eigenvalue weighted by molar-refractivity contribution is 8.16. The largest absolute Gasteiger partial charge is 0.321 e. The van der Waals surface area contributed by atoms with E-state index in [1.165, 1.54) is 11.8 Å². The predicted molar refractivity (Wildman–Crippen MR) is 64.4 cm³/mol. The minimum atomic E-state index is -0.366. The second-order valence-corrected chi connectivity index (χ2v) is 4.39. The second-order valence-electron chi connectivity index (χ2n) is 3.31. The molecule has 1 aliphatic heterocycles. The standard InChI is InChI=1S/C9H16N2OS.ClH/c1-3-6(2)7(10)8(12)9-11-4-5-13-9;/h6-7H,3-5,10H2,1-2H3;1H/t6-,7-;/m0./s1. The summed E-state index contributed by atoms with van der Waals surface area (Å²) in [7, 11) is 0. The molecule has 0 aliphatic carbocycles. The molecule has 3 nitrogen and oxygen atoms in total. The Morgan fingerprint density at radius 3 is 2.79 bits per heavy atom. The first-order valence-electron chi connectivity index (χ1n) is 4.63. The molecule has 0 radical (unpaired) electrons. The molecule has 2 atom stereocenters. The molecular weight excluding hydrogens is 220 g/mol. The van der Waals surface area contributed by atoms with Gasteiger partial charge in [-0.15, -0.1) is 24.2 Å². The lowest BCUT2D eigenvalue weighted by Gasteiger charge is -2.16. The number of carbonyl (C=O) groups excluding carboxylic acids is 1. The quantitative estimate of drug-likeness (QED) is 0.805. The normalized spacial score (nSPS) is 19.5. The Labute approximate surface area is 95.3 Å². The zero-order valence-electron chi connectivity index (χ0n) is 8.53.